The van der Waals surface area contributed by atoms with E-state index >= 15 is 0 Å². The van der Waals surface area contributed by atoms with E-state index in [0.717, 1.165) is 103 Å². The average Bonchev–Trinajstić information content (AvgIpc) is 3.34. The Kier molecular flexibility index (Phi) is 50.2. The number of hydrogen-bond acceptors (Lipinski definition) is 6. The van der Waals surface area contributed by atoms with E-state index in [1.165, 1.54) is 32.1 Å². The first-order chi connectivity index (χ1) is 33.5. The topological polar surface area (TPSA) is 78.9 Å². The summed E-state index contributed by atoms with van der Waals surface area (Å²) in [5.41, 5.74) is 0. The van der Waals surface area contributed by atoms with Gasteiger partial charge in [0.1, 0.15) is 13.2 Å². The predicted octanol–water partition coefficient (Wildman–Crippen LogP) is 17.6. The minimum absolute atomic E-state index is 0.131. The summed E-state index contributed by atoms with van der Waals surface area (Å²) in [4.78, 5) is 38.0. The summed E-state index contributed by atoms with van der Waals surface area (Å²) in [6, 6.07) is 0. The zero-order valence-electron chi connectivity index (χ0n) is 42.8. The predicted molar refractivity (Wildman–Crippen MR) is 292 cm³/mol. The van der Waals surface area contributed by atoms with Crippen LogP contribution in [0.5, 0.6) is 0 Å². The molecule has 0 heterocycles. The summed E-state index contributed by atoms with van der Waals surface area (Å²) in [5, 5.41) is 0. The lowest BCUT2D eigenvalue weighted by Crippen LogP contribution is -2.30. The molecule has 68 heavy (non-hydrogen) atoms. The summed E-state index contributed by atoms with van der Waals surface area (Å²) in [5.74, 6) is -1.05. The second kappa shape index (κ2) is 54.4. The maximum absolute atomic E-state index is 12.8. The van der Waals surface area contributed by atoms with Crippen LogP contribution in [0, 0.1) is 0 Å². The highest BCUT2D eigenvalue weighted by Crippen LogP contribution is 2.12. The Balaban J connectivity index is 4.63. The van der Waals surface area contributed by atoms with E-state index in [1.54, 1.807) is 0 Å². The third-order valence-electron chi connectivity index (χ3n) is 10.3. The Morgan fingerprint density at radius 3 is 0.912 bits per heavy atom. The zero-order valence-corrected chi connectivity index (χ0v) is 42.8. The number of allylic oxidation sites excluding steroid dienone is 28. The quantitative estimate of drug-likeness (QED) is 0.0262. The third-order valence-corrected chi connectivity index (χ3v) is 10.3. The lowest BCUT2D eigenvalue weighted by molar-refractivity contribution is -0.167. The number of hydrogen-bond donors (Lipinski definition) is 0. The molecule has 0 spiro atoms. The first-order valence-corrected chi connectivity index (χ1v) is 26.3. The first-order valence-electron chi connectivity index (χ1n) is 26.3. The standard InChI is InChI=1S/C62H92O6/c1-4-7-10-13-16-19-22-25-27-29-31-33-34-37-40-43-46-49-52-55-61(64)67-58-59(57-66-60(63)54-51-48-45-42-39-36-24-21-18-15-12-9-6-3)68-62(65)56-53-50-47-44-41-38-35-32-30-28-26-23-20-17-14-11-8-5-2/h7,9-10,12-13,15-16,18-19,21-37,39-40,59H,4-6,8,11,14,17,20,38,41-58H2,1-3H3/b10-7-,12-9-,16-13-,18-15-,22-19-,24-21-,26-23-,27-25-,30-28-,31-29+,34-33-,35-32-,39-36-,40-37-. The molecule has 1 unspecified atom stereocenters. The maximum atomic E-state index is 12.8. The molecule has 0 saturated heterocycles. The van der Waals surface area contributed by atoms with Gasteiger partial charge in [0, 0.05) is 19.3 Å². The molecule has 0 saturated carbocycles. The van der Waals surface area contributed by atoms with Gasteiger partial charge in [-0.3, -0.25) is 14.4 Å². The van der Waals surface area contributed by atoms with Gasteiger partial charge in [-0.1, -0.05) is 249 Å². The highest BCUT2D eigenvalue weighted by atomic mass is 16.6. The smallest absolute Gasteiger partial charge is 0.306 e. The molecule has 0 aromatic carbocycles. The van der Waals surface area contributed by atoms with Gasteiger partial charge in [-0.05, 0) is 83.5 Å². The fraction of sp³-hybridized carbons (Fsp3) is 0.500. The molecule has 0 rings (SSSR count). The molecule has 0 aromatic heterocycles. The molecule has 0 aromatic rings. The van der Waals surface area contributed by atoms with Crippen LogP contribution in [-0.2, 0) is 28.6 Å². The molecule has 0 N–H and O–H groups in total. The summed E-state index contributed by atoms with van der Waals surface area (Å²) in [6.07, 6.45) is 80.4. The summed E-state index contributed by atoms with van der Waals surface area (Å²) in [6.45, 7) is 6.21. The van der Waals surface area contributed by atoms with Gasteiger partial charge in [0.15, 0.2) is 6.10 Å². The SMILES string of the molecule is CC\C=C/C=C\C=C/C=C\C=C\C=C/C=C\CCCCCC(=O)OCC(COC(=O)CCCCC\C=C/C=C\C=C/C=C\CC)OC(=O)CCCCCCC\C=C/C=C\C=C/CCCCCCC. The van der Waals surface area contributed by atoms with E-state index < -0.39 is 6.10 Å². The fourth-order valence-electron chi connectivity index (χ4n) is 6.38. The second-order valence-electron chi connectivity index (χ2n) is 16.7. The van der Waals surface area contributed by atoms with Crippen LogP contribution in [0.25, 0.3) is 0 Å². The molecule has 0 radical (unpaired) electrons. The summed E-state index contributed by atoms with van der Waals surface area (Å²) < 4.78 is 16.7. The van der Waals surface area contributed by atoms with Crippen molar-refractivity contribution in [1.82, 2.24) is 0 Å². The van der Waals surface area contributed by atoms with Crippen molar-refractivity contribution in [3.8, 4) is 0 Å². The third kappa shape index (κ3) is 51.7. The van der Waals surface area contributed by atoms with Gasteiger partial charge in [-0.25, -0.2) is 0 Å². The van der Waals surface area contributed by atoms with Crippen molar-refractivity contribution in [2.45, 2.75) is 187 Å². The Morgan fingerprint density at radius 2 is 0.574 bits per heavy atom. The van der Waals surface area contributed by atoms with Crippen molar-refractivity contribution in [1.29, 1.82) is 0 Å². The van der Waals surface area contributed by atoms with Crippen LogP contribution in [0.15, 0.2) is 170 Å². The van der Waals surface area contributed by atoms with Gasteiger partial charge in [-0.2, -0.15) is 0 Å². The van der Waals surface area contributed by atoms with E-state index in [0.29, 0.717) is 6.42 Å². The van der Waals surface area contributed by atoms with Crippen LogP contribution >= 0.6 is 0 Å². The normalized spacial score (nSPS) is 13.5. The Labute approximate surface area is 415 Å². The Hall–Kier alpha value is -5.23. The molecule has 0 bridgehead atoms. The number of carbonyl (C=O) groups excluding carboxylic acids is 3. The van der Waals surface area contributed by atoms with Crippen molar-refractivity contribution in [3.05, 3.63) is 170 Å². The molecular weight excluding hydrogens is 841 g/mol. The van der Waals surface area contributed by atoms with E-state index in [2.05, 4.69) is 81.5 Å². The highest BCUT2D eigenvalue weighted by molar-refractivity contribution is 5.71. The van der Waals surface area contributed by atoms with Crippen LogP contribution < -0.4 is 0 Å². The van der Waals surface area contributed by atoms with Gasteiger partial charge in [0.05, 0.1) is 0 Å². The van der Waals surface area contributed by atoms with E-state index in [4.69, 9.17) is 14.2 Å². The summed E-state index contributed by atoms with van der Waals surface area (Å²) in [7, 11) is 0. The number of unbranched alkanes of at least 4 members (excludes halogenated alkanes) is 16. The van der Waals surface area contributed by atoms with Crippen molar-refractivity contribution < 1.29 is 28.6 Å². The molecule has 0 aliphatic heterocycles. The zero-order chi connectivity index (χ0) is 49.3. The number of rotatable bonds is 44. The summed E-state index contributed by atoms with van der Waals surface area (Å²) >= 11 is 0. The Morgan fingerprint density at radius 1 is 0.309 bits per heavy atom. The first kappa shape index (κ1) is 62.8. The van der Waals surface area contributed by atoms with E-state index in [9.17, 15) is 14.4 Å². The van der Waals surface area contributed by atoms with E-state index in [1.807, 2.05) is 109 Å². The largest absolute Gasteiger partial charge is 0.462 e. The highest BCUT2D eigenvalue weighted by Gasteiger charge is 2.19. The van der Waals surface area contributed by atoms with Gasteiger partial charge in [0.25, 0.3) is 0 Å². The average molecular weight is 933 g/mol. The van der Waals surface area contributed by atoms with Gasteiger partial charge < -0.3 is 14.2 Å². The van der Waals surface area contributed by atoms with Crippen molar-refractivity contribution in [2.24, 2.45) is 0 Å². The maximum Gasteiger partial charge on any atom is 0.306 e. The molecule has 0 amide bonds. The number of ether oxygens (including phenoxy) is 3. The molecule has 376 valence electrons. The number of carbonyl (C=O) groups is 3. The lowest BCUT2D eigenvalue weighted by atomic mass is 10.1. The monoisotopic (exact) mass is 933 g/mol. The van der Waals surface area contributed by atoms with Gasteiger partial charge >= 0.3 is 17.9 Å². The van der Waals surface area contributed by atoms with E-state index in [-0.39, 0.29) is 50.4 Å². The minimum atomic E-state index is -0.834. The molecule has 1 atom stereocenters. The van der Waals surface area contributed by atoms with Crippen LogP contribution in [0.1, 0.15) is 181 Å². The second-order valence-corrected chi connectivity index (χ2v) is 16.7. The van der Waals surface area contributed by atoms with Crippen molar-refractivity contribution in [3.63, 3.8) is 0 Å². The lowest BCUT2D eigenvalue weighted by Gasteiger charge is -2.18. The van der Waals surface area contributed by atoms with Crippen LogP contribution in [-0.4, -0.2) is 37.2 Å². The molecule has 6 nitrogen and oxygen atoms in total. The molecule has 0 fully saturated rings. The Bertz CT molecular complexity index is 1640. The van der Waals surface area contributed by atoms with Crippen LogP contribution in [0.2, 0.25) is 0 Å². The fourth-order valence-corrected chi connectivity index (χ4v) is 6.38. The molecule has 0 aliphatic carbocycles. The van der Waals surface area contributed by atoms with Crippen LogP contribution in [0.4, 0.5) is 0 Å². The van der Waals surface area contributed by atoms with Gasteiger partial charge in [-0.15, -0.1) is 0 Å². The molecule has 6 heteroatoms. The minimum Gasteiger partial charge on any atom is -0.462 e. The van der Waals surface area contributed by atoms with Crippen molar-refractivity contribution >= 4 is 17.9 Å². The molecule has 0 aliphatic rings. The van der Waals surface area contributed by atoms with Gasteiger partial charge in [0.2, 0.25) is 0 Å². The van der Waals surface area contributed by atoms with Crippen LogP contribution in [0.3, 0.4) is 0 Å². The molecular formula is C62H92O6. The van der Waals surface area contributed by atoms with Crippen molar-refractivity contribution in [2.75, 3.05) is 13.2 Å². The number of esters is 3.